The molecule has 9 heteroatoms. The van der Waals surface area contributed by atoms with Crippen LogP contribution >= 0.6 is 0 Å². The minimum absolute atomic E-state index is 0.0241. The van der Waals surface area contributed by atoms with Gasteiger partial charge in [-0.3, -0.25) is 4.98 Å². The maximum atomic E-state index is 13.3. The Morgan fingerprint density at radius 2 is 2.06 bits per heavy atom. The van der Waals surface area contributed by atoms with Crippen molar-refractivity contribution in [3.05, 3.63) is 36.5 Å². The van der Waals surface area contributed by atoms with Crippen LogP contribution in [0, 0.1) is 5.92 Å². The number of ether oxygens (including phenoxy) is 2. The van der Waals surface area contributed by atoms with Crippen molar-refractivity contribution in [1.82, 2.24) is 29.6 Å². The van der Waals surface area contributed by atoms with E-state index in [1.807, 2.05) is 41.6 Å². The Hall–Kier alpha value is -3.36. The van der Waals surface area contributed by atoms with Crippen LogP contribution in [0.15, 0.2) is 30.9 Å². The summed E-state index contributed by atoms with van der Waals surface area (Å²) >= 11 is 0. The van der Waals surface area contributed by atoms with Gasteiger partial charge in [-0.1, -0.05) is 6.42 Å². The molecule has 1 unspecified atom stereocenters. The molecule has 4 bridgehead atoms. The molecular weight excluding hydrogens is 444 g/mol. The van der Waals surface area contributed by atoms with Gasteiger partial charge in [0.1, 0.15) is 5.75 Å². The maximum Gasteiger partial charge on any atom is 0.318 e. The lowest BCUT2D eigenvalue weighted by atomic mass is 10.0. The van der Waals surface area contributed by atoms with Gasteiger partial charge in [0.05, 0.1) is 37.3 Å². The first-order valence-corrected chi connectivity index (χ1v) is 12.7. The summed E-state index contributed by atoms with van der Waals surface area (Å²) < 4.78 is 13.7. The molecule has 0 radical (unpaired) electrons. The average molecular weight is 479 g/mol. The van der Waals surface area contributed by atoms with Gasteiger partial charge >= 0.3 is 6.03 Å². The number of urea groups is 1. The first-order valence-electron chi connectivity index (χ1n) is 12.7. The molecule has 1 saturated carbocycles. The molecule has 186 valence electrons. The van der Waals surface area contributed by atoms with Crippen molar-refractivity contribution in [3.8, 4) is 22.9 Å². The van der Waals surface area contributed by atoms with Crippen LogP contribution in [0.3, 0.4) is 0 Å². The Morgan fingerprint density at radius 1 is 1.20 bits per heavy atom. The highest BCUT2D eigenvalue weighted by atomic mass is 16.5. The summed E-state index contributed by atoms with van der Waals surface area (Å²) in [6.45, 7) is 5.18. The number of pyridine rings is 1. The first-order chi connectivity index (χ1) is 17.1. The van der Waals surface area contributed by atoms with E-state index in [1.54, 1.807) is 19.5 Å². The van der Waals surface area contributed by atoms with Gasteiger partial charge in [-0.05, 0) is 57.9 Å². The van der Waals surface area contributed by atoms with Gasteiger partial charge in [-0.25, -0.2) is 14.8 Å². The van der Waals surface area contributed by atoms with E-state index in [9.17, 15) is 4.79 Å². The number of amides is 2. The molecule has 2 aliphatic rings. The van der Waals surface area contributed by atoms with Gasteiger partial charge in [0.2, 0.25) is 5.65 Å². The number of hydrogen-bond acceptors (Lipinski definition) is 6. The molecule has 9 nitrogen and oxygen atoms in total. The highest BCUT2D eigenvalue weighted by molar-refractivity contribution is 5.75. The van der Waals surface area contributed by atoms with Crippen LogP contribution in [0.1, 0.15) is 64.1 Å². The monoisotopic (exact) mass is 478 g/mol. The number of rotatable bonds is 3. The summed E-state index contributed by atoms with van der Waals surface area (Å²) in [4.78, 5) is 29.1. The predicted octanol–water partition coefficient (Wildman–Crippen LogP) is 4.62. The molecule has 3 aromatic heterocycles. The van der Waals surface area contributed by atoms with Crippen molar-refractivity contribution in [1.29, 1.82) is 0 Å². The fraction of sp³-hybridized carbons (Fsp3) is 0.538. The number of carbonyl (C=O) groups excluding carboxylic acids is 1. The zero-order chi connectivity index (χ0) is 24.4. The zero-order valence-corrected chi connectivity index (χ0v) is 20.7. The predicted molar refractivity (Wildman–Crippen MR) is 133 cm³/mol. The molecule has 1 aliphatic carbocycles. The topological polar surface area (TPSA) is 93.9 Å². The SMILES string of the molecule is CCN1C(=O)NC(C2CC2)CCCCCOc2nc(cn3ccnc23)-c2cc(ncc2OC)[C@H]1C. The summed E-state index contributed by atoms with van der Waals surface area (Å²) in [6, 6.07) is 1.95. The largest absolute Gasteiger partial charge is 0.494 e. The average Bonchev–Trinajstić information content (AvgIpc) is 3.61. The first kappa shape index (κ1) is 23.4. The van der Waals surface area contributed by atoms with Crippen LogP contribution < -0.4 is 14.8 Å². The molecular formula is C26H34N6O3. The lowest BCUT2D eigenvalue weighted by Crippen LogP contribution is -2.46. The van der Waals surface area contributed by atoms with Gasteiger partial charge in [-0.15, -0.1) is 0 Å². The summed E-state index contributed by atoms with van der Waals surface area (Å²) in [5.74, 6) is 1.71. The maximum absolute atomic E-state index is 13.3. The van der Waals surface area contributed by atoms with Crippen LogP contribution in [0.2, 0.25) is 0 Å². The van der Waals surface area contributed by atoms with E-state index >= 15 is 0 Å². The molecule has 1 aliphatic heterocycles. The number of nitrogens with one attached hydrogen (secondary N) is 1. The second-order valence-corrected chi connectivity index (χ2v) is 9.45. The molecule has 5 rings (SSSR count). The van der Waals surface area contributed by atoms with E-state index < -0.39 is 0 Å². The number of fused-ring (bicyclic) bond motifs is 7. The second kappa shape index (κ2) is 10.1. The Bertz CT molecular complexity index is 1190. The number of nitrogens with zero attached hydrogens (tertiary/aromatic N) is 5. The Balaban J connectivity index is 1.56. The van der Waals surface area contributed by atoms with Crippen LogP contribution in [0.4, 0.5) is 4.79 Å². The Morgan fingerprint density at radius 3 is 2.83 bits per heavy atom. The summed E-state index contributed by atoms with van der Waals surface area (Å²) in [5.41, 5.74) is 2.96. The van der Waals surface area contributed by atoms with E-state index in [1.165, 1.54) is 12.8 Å². The third kappa shape index (κ3) is 4.90. The number of hydrogen-bond donors (Lipinski definition) is 1. The molecule has 1 fully saturated rings. The molecule has 0 spiro atoms. The quantitative estimate of drug-likeness (QED) is 0.590. The van der Waals surface area contributed by atoms with Crippen LogP contribution in [0.5, 0.6) is 11.6 Å². The van der Waals surface area contributed by atoms with Gasteiger partial charge in [0.25, 0.3) is 5.88 Å². The van der Waals surface area contributed by atoms with Crippen molar-refractivity contribution < 1.29 is 14.3 Å². The van der Waals surface area contributed by atoms with Gasteiger partial charge in [0, 0.05) is 36.7 Å². The van der Waals surface area contributed by atoms with E-state index in [2.05, 4.69) is 15.3 Å². The minimum Gasteiger partial charge on any atom is -0.494 e. The third-order valence-corrected chi connectivity index (χ3v) is 7.12. The van der Waals surface area contributed by atoms with Crippen molar-refractivity contribution in [2.75, 3.05) is 20.3 Å². The van der Waals surface area contributed by atoms with E-state index in [-0.39, 0.29) is 18.1 Å². The standard InChI is InChI=1S/C26H34N6O3/c1-4-32-17(2)21-14-19(23(34-3)15-28-21)22-16-31-12-11-27-24(31)25(29-22)35-13-7-5-6-8-20(18-9-10-18)30-26(32)33/h11-12,14-18,20H,4-10,13H2,1-3H3,(H,30,33)/t17-,20?/m1/s1. The van der Waals surface area contributed by atoms with Crippen molar-refractivity contribution in [3.63, 3.8) is 0 Å². The lowest BCUT2D eigenvalue weighted by molar-refractivity contribution is 0.175. The highest BCUT2D eigenvalue weighted by Gasteiger charge is 2.33. The number of aromatic nitrogens is 4. The molecule has 0 saturated heterocycles. The lowest BCUT2D eigenvalue weighted by Gasteiger charge is -2.30. The van der Waals surface area contributed by atoms with E-state index in [0.29, 0.717) is 42.0 Å². The Labute approximate surface area is 205 Å². The molecule has 2 amide bonds. The van der Waals surface area contributed by atoms with Crippen LogP contribution in [-0.2, 0) is 0 Å². The number of imidazole rings is 1. The number of carbonyl (C=O) groups is 1. The fourth-order valence-electron chi connectivity index (χ4n) is 4.91. The minimum atomic E-state index is -0.215. The van der Waals surface area contributed by atoms with E-state index in [0.717, 1.165) is 36.9 Å². The zero-order valence-electron chi connectivity index (χ0n) is 20.7. The smallest absolute Gasteiger partial charge is 0.318 e. The summed E-state index contributed by atoms with van der Waals surface area (Å²) in [6.07, 6.45) is 13.6. The van der Waals surface area contributed by atoms with Crippen LogP contribution in [-0.4, -0.2) is 56.6 Å². The summed E-state index contributed by atoms with van der Waals surface area (Å²) in [7, 11) is 1.62. The summed E-state index contributed by atoms with van der Waals surface area (Å²) in [5, 5.41) is 3.34. The molecule has 2 atom stereocenters. The highest BCUT2D eigenvalue weighted by Crippen LogP contribution is 2.36. The molecule has 0 aromatic carbocycles. The molecule has 4 heterocycles. The Kier molecular flexibility index (Phi) is 6.74. The van der Waals surface area contributed by atoms with Crippen LogP contribution in [0.25, 0.3) is 16.9 Å². The fourth-order valence-corrected chi connectivity index (χ4v) is 4.91. The molecule has 1 N–H and O–H groups in total. The van der Waals surface area contributed by atoms with Gasteiger partial charge < -0.3 is 24.1 Å². The number of methoxy groups -OCH3 is 1. The van der Waals surface area contributed by atoms with E-state index in [4.69, 9.17) is 14.5 Å². The molecule has 3 aromatic rings. The van der Waals surface area contributed by atoms with Crippen molar-refractivity contribution >= 4 is 11.7 Å². The third-order valence-electron chi connectivity index (χ3n) is 7.12. The second-order valence-electron chi connectivity index (χ2n) is 9.45. The van der Waals surface area contributed by atoms with Gasteiger partial charge in [0.15, 0.2) is 0 Å². The van der Waals surface area contributed by atoms with Gasteiger partial charge in [-0.2, -0.15) is 0 Å². The molecule has 35 heavy (non-hydrogen) atoms. The van der Waals surface area contributed by atoms with Crippen molar-refractivity contribution in [2.24, 2.45) is 5.92 Å². The van der Waals surface area contributed by atoms with Crippen molar-refractivity contribution in [2.45, 2.75) is 64.5 Å². The normalized spacial score (nSPS) is 21.8.